The molecule has 0 aliphatic heterocycles. The number of benzene rings is 2. The second kappa shape index (κ2) is 8.63. The van der Waals surface area contributed by atoms with Crippen molar-refractivity contribution < 1.29 is 17.9 Å². The number of ether oxygens (including phenoxy) is 1. The van der Waals surface area contributed by atoms with Crippen molar-refractivity contribution in [3.63, 3.8) is 0 Å². The monoisotopic (exact) mass is 410 g/mol. The standard InChI is InChI=1S/C19H23ClN2O4S/c1-5-18(19(23)21-14-7-6-8-16(11-14)26-3)22(27(4,24)25)15-10-9-13(2)17(20)12-15/h6-12,18H,5H2,1-4H3,(H,21,23)/t18-/m0/s1. The van der Waals surface area contributed by atoms with Crippen LogP contribution < -0.4 is 14.4 Å². The van der Waals surface area contributed by atoms with E-state index in [2.05, 4.69) is 5.32 Å². The van der Waals surface area contributed by atoms with Gasteiger partial charge >= 0.3 is 0 Å². The van der Waals surface area contributed by atoms with E-state index in [-0.39, 0.29) is 6.42 Å². The van der Waals surface area contributed by atoms with Gasteiger partial charge in [-0.3, -0.25) is 9.10 Å². The van der Waals surface area contributed by atoms with Crippen LogP contribution in [0.15, 0.2) is 42.5 Å². The molecule has 0 heterocycles. The molecule has 0 bridgehead atoms. The summed E-state index contributed by atoms with van der Waals surface area (Å²) >= 11 is 6.16. The van der Waals surface area contributed by atoms with Crippen LogP contribution in [0.3, 0.4) is 0 Å². The van der Waals surface area contributed by atoms with Gasteiger partial charge in [-0.2, -0.15) is 0 Å². The van der Waals surface area contributed by atoms with Crippen molar-refractivity contribution in [1.82, 2.24) is 0 Å². The summed E-state index contributed by atoms with van der Waals surface area (Å²) in [6, 6.07) is 10.9. The highest BCUT2D eigenvalue weighted by Crippen LogP contribution is 2.28. The third-order valence-corrected chi connectivity index (χ3v) is 5.66. The molecule has 0 saturated heterocycles. The SMILES string of the molecule is CC[C@@H](C(=O)Nc1cccc(OC)c1)N(c1ccc(C)c(Cl)c1)S(C)(=O)=O. The number of anilines is 2. The second-order valence-corrected chi connectivity index (χ2v) is 8.40. The van der Waals surface area contributed by atoms with Gasteiger partial charge < -0.3 is 10.1 Å². The summed E-state index contributed by atoms with van der Waals surface area (Å²) in [6.07, 6.45) is 1.36. The van der Waals surface area contributed by atoms with E-state index in [0.717, 1.165) is 16.1 Å². The van der Waals surface area contributed by atoms with Gasteiger partial charge in [-0.15, -0.1) is 0 Å². The van der Waals surface area contributed by atoms with Crippen LogP contribution in [0.4, 0.5) is 11.4 Å². The van der Waals surface area contributed by atoms with E-state index in [1.807, 2.05) is 6.92 Å². The van der Waals surface area contributed by atoms with Crippen molar-refractivity contribution >= 4 is 38.9 Å². The molecule has 146 valence electrons. The number of halogens is 1. The molecule has 2 aromatic carbocycles. The molecule has 0 spiro atoms. The number of carbonyl (C=O) groups excluding carboxylic acids is 1. The summed E-state index contributed by atoms with van der Waals surface area (Å²) < 4.78 is 31.2. The molecule has 6 nitrogen and oxygen atoms in total. The number of sulfonamides is 1. The Morgan fingerprint density at radius 1 is 1.26 bits per heavy atom. The van der Waals surface area contributed by atoms with E-state index in [9.17, 15) is 13.2 Å². The number of hydrogen-bond donors (Lipinski definition) is 1. The van der Waals surface area contributed by atoms with Crippen LogP contribution in [-0.4, -0.2) is 33.7 Å². The predicted octanol–water partition coefficient (Wildman–Crippen LogP) is 3.84. The normalized spacial score (nSPS) is 12.3. The van der Waals surface area contributed by atoms with Gasteiger partial charge in [-0.05, 0) is 43.2 Å². The Kier molecular flexibility index (Phi) is 6.73. The highest BCUT2D eigenvalue weighted by molar-refractivity contribution is 7.92. The highest BCUT2D eigenvalue weighted by Gasteiger charge is 2.31. The molecule has 27 heavy (non-hydrogen) atoms. The summed E-state index contributed by atoms with van der Waals surface area (Å²) in [5.41, 5.74) is 1.69. The quantitative estimate of drug-likeness (QED) is 0.752. The Balaban J connectivity index is 2.39. The zero-order valence-corrected chi connectivity index (χ0v) is 17.3. The molecule has 0 radical (unpaired) electrons. The number of aryl methyl sites for hydroxylation is 1. The summed E-state index contributed by atoms with van der Waals surface area (Å²) in [6.45, 7) is 3.58. The van der Waals surface area contributed by atoms with Gasteiger partial charge in [0.15, 0.2) is 0 Å². The zero-order valence-electron chi connectivity index (χ0n) is 15.7. The molecule has 1 amide bonds. The van der Waals surface area contributed by atoms with E-state index in [0.29, 0.717) is 22.1 Å². The largest absolute Gasteiger partial charge is 0.497 e. The summed E-state index contributed by atoms with van der Waals surface area (Å²) in [7, 11) is -2.19. The number of rotatable bonds is 7. The van der Waals surface area contributed by atoms with Crippen LogP contribution in [0.2, 0.25) is 5.02 Å². The van der Waals surface area contributed by atoms with Gasteiger partial charge in [0.1, 0.15) is 11.8 Å². The van der Waals surface area contributed by atoms with Gasteiger partial charge in [-0.25, -0.2) is 8.42 Å². The Morgan fingerprint density at radius 2 is 1.96 bits per heavy atom. The first kappa shape index (κ1) is 21.1. The fraction of sp³-hybridized carbons (Fsp3) is 0.316. The van der Waals surface area contributed by atoms with Crippen LogP contribution in [0.25, 0.3) is 0 Å². The van der Waals surface area contributed by atoms with Crippen molar-refractivity contribution in [2.45, 2.75) is 26.3 Å². The number of carbonyl (C=O) groups is 1. The Morgan fingerprint density at radius 3 is 2.52 bits per heavy atom. The molecule has 1 atom stereocenters. The van der Waals surface area contributed by atoms with Crippen molar-refractivity contribution in [3.05, 3.63) is 53.1 Å². The molecule has 0 unspecified atom stereocenters. The molecule has 2 aromatic rings. The predicted molar refractivity (Wildman–Crippen MR) is 109 cm³/mol. The van der Waals surface area contributed by atoms with E-state index >= 15 is 0 Å². The maximum absolute atomic E-state index is 12.9. The molecule has 0 aromatic heterocycles. The van der Waals surface area contributed by atoms with Crippen LogP contribution in [0, 0.1) is 6.92 Å². The van der Waals surface area contributed by atoms with Crippen molar-refractivity contribution in [3.8, 4) is 5.75 Å². The van der Waals surface area contributed by atoms with Gasteiger partial charge in [0.25, 0.3) is 0 Å². The molecule has 0 aliphatic rings. The van der Waals surface area contributed by atoms with Crippen molar-refractivity contribution in [2.24, 2.45) is 0 Å². The lowest BCUT2D eigenvalue weighted by Crippen LogP contribution is -2.47. The average Bonchev–Trinajstić information content (AvgIpc) is 2.61. The smallest absolute Gasteiger partial charge is 0.248 e. The molecule has 1 N–H and O–H groups in total. The molecular weight excluding hydrogens is 388 g/mol. The lowest BCUT2D eigenvalue weighted by molar-refractivity contribution is -0.117. The Hall–Kier alpha value is -2.25. The van der Waals surface area contributed by atoms with Crippen LogP contribution in [0.1, 0.15) is 18.9 Å². The fourth-order valence-electron chi connectivity index (χ4n) is 2.71. The maximum atomic E-state index is 12.9. The Bertz CT molecular complexity index is 931. The number of methoxy groups -OCH3 is 1. The van der Waals surface area contributed by atoms with Crippen molar-refractivity contribution in [1.29, 1.82) is 0 Å². The van der Waals surface area contributed by atoms with E-state index in [1.165, 1.54) is 7.11 Å². The summed E-state index contributed by atoms with van der Waals surface area (Å²) in [5, 5.41) is 3.19. The third-order valence-electron chi connectivity index (χ3n) is 4.08. The van der Waals surface area contributed by atoms with E-state index in [1.54, 1.807) is 49.4 Å². The minimum atomic E-state index is -3.72. The molecule has 8 heteroatoms. The van der Waals surface area contributed by atoms with Gasteiger partial charge in [0.2, 0.25) is 15.9 Å². The lowest BCUT2D eigenvalue weighted by atomic mass is 10.1. The minimum absolute atomic E-state index is 0.286. The summed E-state index contributed by atoms with van der Waals surface area (Å²) in [5.74, 6) is 0.152. The average molecular weight is 411 g/mol. The van der Waals surface area contributed by atoms with Gasteiger partial charge in [0, 0.05) is 16.8 Å². The highest BCUT2D eigenvalue weighted by atomic mass is 35.5. The third kappa shape index (κ3) is 5.14. The van der Waals surface area contributed by atoms with E-state index < -0.39 is 22.0 Å². The summed E-state index contributed by atoms with van der Waals surface area (Å²) in [4.78, 5) is 12.9. The number of nitrogens with zero attached hydrogens (tertiary/aromatic N) is 1. The minimum Gasteiger partial charge on any atom is -0.497 e. The first-order chi connectivity index (χ1) is 12.7. The Labute approximate surface area is 165 Å². The number of amides is 1. The molecule has 2 rings (SSSR count). The second-order valence-electron chi connectivity index (χ2n) is 6.14. The van der Waals surface area contributed by atoms with Gasteiger partial charge in [0.05, 0.1) is 19.1 Å². The topological polar surface area (TPSA) is 75.7 Å². The molecule has 0 aliphatic carbocycles. The number of nitrogens with one attached hydrogen (secondary N) is 1. The molecular formula is C19H23ClN2O4S. The van der Waals surface area contributed by atoms with Crippen LogP contribution >= 0.6 is 11.6 Å². The zero-order chi connectivity index (χ0) is 20.2. The van der Waals surface area contributed by atoms with Crippen LogP contribution in [0.5, 0.6) is 5.75 Å². The molecule has 0 saturated carbocycles. The maximum Gasteiger partial charge on any atom is 0.248 e. The number of hydrogen-bond acceptors (Lipinski definition) is 4. The first-order valence-electron chi connectivity index (χ1n) is 8.37. The van der Waals surface area contributed by atoms with Crippen LogP contribution in [-0.2, 0) is 14.8 Å². The van der Waals surface area contributed by atoms with E-state index in [4.69, 9.17) is 16.3 Å². The molecule has 0 fully saturated rings. The van der Waals surface area contributed by atoms with Crippen molar-refractivity contribution in [2.75, 3.05) is 23.0 Å². The van der Waals surface area contributed by atoms with Gasteiger partial charge in [-0.1, -0.05) is 30.7 Å². The first-order valence-corrected chi connectivity index (χ1v) is 10.6. The lowest BCUT2D eigenvalue weighted by Gasteiger charge is -2.30. The fourth-order valence-corrected chi connectivity index (χ4v) is 4.08.